The van der Waals surface area contributed by atoms with Crippen LogP contribution in [0.2, 0.25) is 0 Å². The fourth-order valence-electron chi connectivity index (χ4n) is 7.70. The van der Waals surface area contributed by atoms with E-state index in [4.69, 9.17) is 11.0 Å². The van der Waals surface area contributed by atoms with E-state index in [0.29, 0.717) is 11.3 Å². The first-order valence-electron chi connectivity index (χ1n) is 16.1. The molecular weight excluding hydrogens is 601 g/mol. The van der Waals surface area contributed by atoms with Crippen LogP contribution in [0.4, 0.5) is 5.69 Å². The molecule has 3 aromatic heterocycles. The Morgan fingerprint density at radius 2 is 1.14 bits per heavy atom. The summed E-state index contributed by atoms with van der Waals surface area (Å²) in [6, 6.07) is 52.1. The number of rotatable bonds is 3. The third-order valence-corrected chi connectivity index (χ3v) is 9.77. The molecule has 0 saturated carbocycles. The summed E-state index contributed by atoms with van der Waals surface area (Å²) >= 11 is 0. The van der Waals surface area contributed by atoms with E-state index in [1.54, 1.807) is 0 Å². The van der Waals surface area contributed by atoms with Crippen molar-refractivity contribution in [1.29, 1.82) is 5.26 Å². The first kappa shape index (κ1) is 27.1. The molecule has 0 bridgehead atoms. The Morgan fingerprint density at radius 1 is 0.531 bits per heavy atom. The van der Waals surface area contributed by atoms with Gasteiger partial charge in [0.25, 0.3) is 0 Å². The molecule has 5 nitrogen and oxygen atoms in total. The number of nitriles is 1. The first-order chi connectivity index (χ1) is 24.2. The van der Waals surface area contributed by atoms with Crippen LogP contribution in [0, 0.1) is 17.9 Å². The Labute approximate surface area is 280 Å². The van der Waals surface area contributed by atoms with Gasteiger partial charge in [0, 0.05) is 43.4 Å². The average molecular weight is 625 g/mol. The van der Waals surface area contributed by atoms with Crippen molar-refractivity contribution < 1.29 is 4.42 Å². The van der Waals surface area contributed by atoms with Crippen molar-refractivity contribution in [2.75, 3.05) is 0 Å². The first-order valence-corrected chi connectivity index (χ1v) is 16.1. The van der Waals surface area contributed by atoms with E-state index in [-0.39, 0.29) is 0 Å². The van der Waals surface area contributed by atoms with Crippen molar-refractivity contribution in [2.45, 2.75) is 0 Å². The van der Waals surface area contributed by atoms with Crippen LogP contribution >= 0.6 is 0 Å². The number of para-hydroxylation sites is 4. The van der Waals surface area contributed by atoms with Gasteiger partial charge in [0.2, 0.25) is 0 Å². The predicted octanol–water partition coefficient (Wildman–Crippen LogP) is 11.9. The lowest BCUT2D eigenvalue weighted by Gasteiger charge is -2.18. The van der Waals surface area contributed by atoms with Gasteiger partial charge in [0.05, 0.1) is 51.6 Å². The minimum absolute atomic E-state index is 0.587. The number of fused-ring (bicyclic) bond motifs is 10. The summed E-state index contributed by atoms with van der Waals surface area (Å²) in [5, 5.41) is 16.0. The standard InChI is InChI=1S/C44H24N4O/c1-46-28-19-22-40-35(25-28)43-41(23-20-33-32-13-5-9-17-42(32)49-44(33)43)48(40)37-15-7-3-11-30(37)29-10-2-6-14-36(29)47-38-16-8-4-12-31(38)34-24-27(26-45)18-21-39(34)47/h2-25H. The van der Waals surface area contributed by atoms with E-state index in [0.717, 1.165) is 88.1 Å². The van der Waals surface area contributed by atoms with Crippen molar-refractivity contribution in [1.82, 2.24) is 9.13 Å². The monoisotopic (exact) mass is 624 g/mol. The maximum atomic E-state index is 9.70. The van der Waals surface area contributed by atoms with Gasteiger partial charge < -0.3 is 13.6 Å². The zero-order valence-corrected chi connectivity index (χ0v) is 26.1. The quantitative estimate of drug-likeness (QED) is 0.184. The molecule has 0 aliphatic carbocycles. The largest absolute Gasteiger partial charge is 0.455 e. The normalized spacial score (nSPS) is 11.6. The van der Waals surface area contributed by atoms with Crippen molar-refractivity contribution in [2.24, 2.45) is 0 Å². The average Bonchev–Trinajstić information content (AvgIpc) is 3.81. The number of furan rings is 1. The fraction of sp³-hybridized carbons (Fsp3) is 0. The topological polar surface area (TPSA) is 51.1 Å². The third kappa shape index (κ3) is 3.79. The molecular formula is C44H24N4O. The fourth-order valence-corrected chi connectivity index (χ4v) is 7.70. The third-order valence-electron chi connectivity index (χ3n) is 9.77. The van der Waals surface area contributed by atoms with Gasteiger partial charge in [-0.1, -0.05) is 78.9 Å². The maximum Gasteiger partial charge on any atom is 0.188 e. The van der Waals surface area contributed by atoms with Gasteiger partial charge >= 0.3 is 0 Å². The van der Waals surface area contributed by atoms with Crippen LogP contribution in [0.3, 0.4) is 0 Å². The van der Waals surface area contributed by atoms with Crippen LogP contribution in [-0.4, -0.2) is 9.13 Å². The summed E-state index contributed by atoms with van der Waals surface area (Å²) < 4.78 is 11.2. The molecule has 0 amide bonds. The summed E-state index contributed by atoms with van der Waals surface area (Å²) in [5.74, 6) is 0. The van der Waals surface area contributed by atoms with Gasteiger partial charge in [-0.05, 0) is 66.7 Å². The Hall–Kier alpha value is -7.08. The Balaban J connectivity index is 1.30. The van der Waals surface area contributed by atoms with Gasteiger partial charge in [-0.3, -0.25) is 0 Å². The maximum absolute atomic E-state index is 9.70. The SMILES string of the molecule is [C-]#[N+]c1ccc2c(c1)c1c3oc4ccccc4c3ccc1n2-c1ccccc1-c1ccccc1-n1c2ccccc2c2cc(C#N)ccc21. The second-order valence-corrected chi connectivity index (χ2v) is 12.3. The van der Waals surface area contributed by atoms with Crippen LogP contribution in [0.5, 0.6) is 0 Å². The molecule has 0 unspecified atom stereocenters. The molecule has 0 radical (unpaired) electrons. The van der Waals surface area contributed by atoms with Gasteiger partial charge in [-0.25, -0.2) is 4.85 Å². The van der Waals surface area contributed by atoms with Crippen molar-refractivity contribution in [3.05, 3.63) is 163 Å². The van der Waals surface area contributed by atoms with Crippen molar-refractivity contribution >= 4 is 71.2 Å². The summed E-state index contributed by atoms with van der Waals surface area (Å²) in [5.41, 5.74) is 11.2. The minimum Gasteiger partial charge on any atom is -0.455 e. The van der Waals surface area contributed by atoms with Gasteiger partial charge in [0.15, 0.2) is 5.69 Å². The molecule has 7 aromatic carbocycles. The smallest absolute Gasteiger partial charge is 0.188 e. The minimum atomic E-state index is 0.587. The van der Waals surface area contributed by atoms with Gasteiger partial charge in [-0.2, -0.15) is 5.26 Å². The molecule has 0 atom stereocenters. The van der Waals surface area contributed by atoms with Crippen LogP contribution < -0.4 is 0 Å². The van der Waals surface area contributed by atoms with Crippen LogP contribution in [0.25, 0.3) is 92.9 Å². The van der Waals surface area contributed by atoms with Crippen LogP contribution in [0.1, 0.15) is 5.56 Å². The zero-order valence-electron chi connectivity index (χ0n) is 26.1. The predicted molar refractivity (Wildman–Crippen MR) is 199 cm³/mol. The zero-order chi connectivity index (χ0) is 32.6. The summed E-state index contributed by atoms with van der Waals surface area (Å²) in [4.78, 5) is 3.79. The van der Waals surface area contributed by atoms with E-state index in [1.165, 1.54) is 0 Å². The summed E-state index contributed by atoms with van der Waals surface area (Å²) in [6.07, 6.45) is 0. The lowest BCUT2D eigenvalue weighted by molar-refractivity contribution is 0.673. The molecule has 0 spiro atoms. The molecule has 10 rings (SSSR count). The molecule has 0 saturated heterocycles. The molecule has 3 heterocycles. The Morgan fingerprint density at radius 3 is 1.92 bits per heavy atom. The van der Waals surface area contributed by atoms with Gasteiger partial charge in [-0.15, -0.1) is 0 Å². The van der Waals surface area contributed by atoms with E-state index < -0.39 is 0 Å². The number of aromatic nitrogens is 2. The van der Waals surface area contributed by atoms with Crippen molar-refractivity contribution in [3.8, 4) is 28.6 Å². The molecule has 0 fully saturated rings. The highest BCUT2D eigenvalue weighted by Gasteiger charge is 2.22. The number of benzene rings is 7. The molecule has 0 aliphatic heterocycles. The van der Waals surface area contributed by atoms with Crippen LogP contribution in [-0.2, 0) is 0 Å². The molecule has 0 aliphatic rings. The molecule has 49 heavy (non-hydrogen) atoms. The molecule has 226 valence electrons. The van der Waals surface area contributed by atoms with E-state index in [2.05, 4.69) is 117 Å². The summed E-state index contributed by atoms with van der Waals surface area (Å²) in [7, 11) is 0. The molecule has 5 heteroatoms. The number of hydrogen-bond donors (Lipinski definition) is 0. The molecule has 10 aromatic rings. The van der Waals surface area contributed by atoms with E-state index in [9.17, 15) is 5.26 Å². The van der Waals surface area contributed by atoms with Crippen LogP contribution in [0.15, 0.2) is 150 Å². The highest BCUT2D eigenvalue weighted by atomic mass is 16.3. The summed E-state index contributed by atoms with van der Waals surface area (Å²) in [6.45, 7) is 7.80. The van der Waals surface area contributed by atoms with E-state index >= 15 is 0 Å². The highest BCUT2D eigenvalue weighted by Crippen LogP contribution is 2.44. The van der Waals surface area contributed by atoms with Crippen molar-refractivity contribution in [3.63, 3.8) is 0 Å². The molecule has 0 N–H and O–H groups in total. The lowest BCUT2D eigenvalue weighted by atomic mass is 10.0. The second kappa shape index (κ2) is 10.2. The number of hydrogen-bond acceptors (Lipinski definition) is 2. The lowest BCUT2D eigenvalue weighted by Crippen LogP contribution is -2.01. The Kier molecular flexibility index (Phi) is 5.64. The Bertz CT molecular complexity index is 3090. The van der Waals surface area contributed by atoms with E-state index in [1.807, 2.05) is 48.5 Å². The highest BCUT2D eigenvalue weighted by molar-refractivity contribution is 6.24. The second-order valence-electron chi connectivity index (χ2n) is 12.3. The van der Waals surface area contributed by atoms with Gasteiger partial charge in [0.1, 0.15) is 11.2 Å². The number of nitrogens with zero attached hydrogens (tertiary/aromatic N) is 4.